The van der Waals surface area contributed by atoms with Crippen molar-refractivity contribution in [3.05, 3.63) is 64.2 Å². The molecule has 0 radical (unpaired) electrons. The number of hydrogen-bond donors (Lipinski definition) is 2. The number of aromatic hydroxyl groups is 1. The van der Waals surface area contributed by atoms with Crippen LogP contribution in [0.3, 0.4) is 0 Å². The lowest BCUT2D eigenvalue weighted by Gasteiger charge is -2.20. The summed E-state index contributed by atoms with van der Waals surface area (Å²) < 4.78 is 39.0. The third-order valence-electron chi connectivity index (χ3n) is 3.39. The Balaban J connectivity index is 2.17. The molecule has 0 spiro atoms. The Morgan fingerprint density at radius 2 is 1.82 bits per heavy atom. The minimum absolute atomic E-state index is 0.0516. The summed E-state index contributed by atoms with van der Waals surface area (Å²) in [4.78, 5) is 0. The van der Waals surface area contributed by atoms with Crippen molar-refractivity contribution in [3.63, 3.8) is 0 Å². The summed E-state index contributed by atoms with van der Waals surface area (Å²) in [6.07, 6.45) is -4.39. The maximum atomic E-state index is 13.0. The zero-order chi connectivity index (χ0) is 16.3. The van der Waals surface area contributed by atoms with E-state index in [1.807, 2.05) is 0 Å². The second-order valence-electron chi connectivity index (χ2n) is 4.94. The van der Waals surface area contributed by atoms with Crippen molar-refractivity contribution in [1.29, 1.82) is 0 Å². The number of alkyl halides is 3. The average molecular weight is 330 g/mol. The highest BCUT2D eigenvalue weighted by Crippen LogP contribution is 2.34. The number of halogens is 4. The minimum Gasteiger partial charge on any atom is -0.506 e. The van der Waals surface area contributed by atoms with E-state index in [0.717, 1.165) is 6.07 Å². The van der Waals surface area contributed by atoms with E-state index in [9.17, 15) is 18.3 Å². The molecule has 0 aliphatic rings. The van der Waals surface area contributed by atoms with Gasteiger partial charge < -0.3 is 10.4 Å². The molecule has 22 heavy (non-hydrogen) atoms. The van der Waals surface area contributed by atoms with Gasteiger partial charge in [0.25, 0.3) is 0 Å². The number of nitrogens with one attached hydrogen (secondary N) is 1. The van der Waals surface area contributed by atoms with Crippen molar-refractivity contribution in [2.24, 2.45) is 0 Å². The molecule has 0 amide bonds. The molecule has 2 N–H and O–H groups in total. The van der Waals surface area contributed by atoms with Crippen LogP contribution < -0.4 is 5.32 Å². The van der Waals surface area contributed by atoms with Crippen LogP contribution in [0.4, 0.5) is 13.2 Å². The van der Waals surface area contributed by atoms with E-state index >= 15 is 0 Å². The first-order valence-electron chi connectivity index (χ1n) is 6.66. The van der Waals surface area contributed by atoms with Gasteiger partial charge in [-0.05, 0) is 30.2 Å². The maximum Gasteiger partial charge on any atom is 0.416 e. The summed E-state index contributed by atoms with van der Waals surface area (Å²) in [5.41, 5.74) is 0.140. The van der Waals surface area contributed by atoms with Crippen molar-refractivity contribution >= 4 is 11.6 Å². The molecule has 1 atom stereocenters. The highest BCUT2D eigenvalue weighted by Gasteiger charge is 2.34. The van der Waals surface area contributed by atoms with Crippen LogP contribution in [0.2, 0.25) is 5.02 Å². The van der Waals surface area contributed by atoms with Crippen molar-refractivity contribution in [2.75, 3.05) is 0 Å². The van der Waals surface area contributed by atoms with Gasteiger partial charge in [-0.2, -0.15) is 13.2 Å². The molecule has 0 aliphatic heterocycles. The van der Waals surface area contributed by atoms with Crippen LogP contribution in [0, 0.1) is 0 Å². The highest BCUT2D eigenvalue weighted by atomic mass is 35.5. The van der Waals surface area contributed by atoms with E-state index in [4.69, 9.17) is 11.6 Å². The van der Waals surface area contributed by atoms with Crippen LogP contribution in [0.15, 0.2) is 42.5 Å². The number of hydrogen-bond acceptors (Lipinski definition) is 2. The van der Waals surface area contributed by atoms with Gasteiger partial charge in [0, 0.05) is 12.6 Å². The third-order valence-corrected chi connectivity index (χ3v) is 3.83. The van der Waals surface area contributed by atoms with Crippen LogP contribution in [0.25, 0.3) is 0 Å². The fourth-order valence-corrected chi connectivity index (χ4v) is 2.40. The Labute approximate surface area is 131 Å². The zero-order valence-electron chi connectivity index (χ0n) is 11.8. The van der Waals surface area contributed by atoms with E-state index in [1.54, 1.807) is 25.1 Å². The fourth-order valence-electron chi connectivity index (χ4n) is 2.21. The molecule has 0 saturated heterocycles. The van der Waals surface area contributed by atoms with Crippen LogP contribution in [0.1, 0.15) is 29.7 Å². The molecule has 0 aliphatic carbocycles. The molecule has 0 heterocycles. The van der Waals surface area contributed by atoms with Gasteiger partial charge in [-0.25, -0.2) is 0 Å². The predicted octanol–water partition coefficient (Wildman–Crippen LogP) is 4.92. The first kappa shape index (κ1) is 16.6. The van der Waals surface area contributed by atoms with Gasteiger partial charge >= 0.3 is 6.18 Å². The normalized spacial score (nSPS) is 13.1. The molecule has 2 nitrogen and oxygen atoms in total. The lowest BCUT2D eigenvalue weighted by molar-refractivity contribution is -0.138. The summed E-state index contributed by atoms with van der Waals surface area (Å²) in [7, 11) is 0. The fraction of sp³-hybridized carbons (Fsp3) is 0.250. The Kier molecular flexibility index (Phi) is 4.98. The number of benzene rings is 2. The van der Waals surface area contributed by atoms with Crippen molar-refractivity contribution in [2.45, 2.75) is 25.7 Å². The first-order valence-corrected chi connectivity index (χ1v) is 7.04. The molecule has 6 heteroatoms. The summed E-state index contributed by atoms with van der Waals surface area (Å²) >= 11 is 5.96. The van der Waals surface area contributed by atoms with Crippen LogP contribution in [-0.4, -0.2) is 5.11 Å². The number of phenolic OH excluding ortho intramolecular Hbond substituents is 1. The standard InChI is InChI=1S/C16H15ClF3NO/c1-10(12-6-2-3-7-13(12)16(18,19)20)21-9-11-5-4-8-14(22)15(11)17/h2-8,10,21-22H,9H2,1H3. The second kappa shape index (κ2) is 6.58. The van der Waals surface area contributed by atoms with E-state index in [-0.39, 0.29) is 22.9 Å². The SMILES string of the molecule is CC(NCc1cccc(O)c1Cl)c1ccccc1C(F)(F)F. The van der Waals surface area contributed by atoms with Gasteiger partial charge in [0.15, 0.2) is 0 Å². The van der Waals surface area contributed by atoms with Gasteiger partial charge in [-0.1, -0.05) is 41.9 Å². The molecule has 1 unspecified atom stereocenters. The molecule has 0 fully saturated rings. The molecule has 0 aromatic heterocycles. The Morgan fingerprint density at radius 1 is 1.14 bits per heavy atom. The molecule has 2 rings (SSSR count). The molecule has 2 aromatic rings. The molecule has 118 valence electrons. The quantitative estimate of drug-likeness (QED) is 0.835. The van der Waals surface area contributed by atoms with E-state index in [1.165, 1.54) is 18.2 Å². The largest absolute Gasteiger partial charge is 0.506 e. The van der Waals surface area contributed by atoms with Gasteiger partial charge in [0.05, 0.1) is 10.6 Å². The topological polar surface area (TPSA) is 32.3 Å². The van der Waals surface area contributed by atoms with Crippen molar-refractivity contribution < 1.29 is 18.3 Å². The monoisotopic (exact) mass is 329 g/mol. The van der Waals surface area contributed by atoms with E-state index in [2.05, 4.69) is 5.32 Å². The van der Waals surface area contributed by atoms with Gasteiger partial charge in [0.1, 0.15) is 5.75 Å². The van der Waals surface area contributed by atoms with Gasteiger partial charge in [-0.3, -0.25) is 0 Å². The maximum absolute atomic E-state index is 13.0. The van der Waals surface area contributed by atoms with Crippen molar-refractivity contribution in [3.8, 4) is 5.75 Å². The van der Waals surface area contributed by atoms with E-state index < -0.39 is 17.8 Å². The lowest BCUT2D eigenvalue weighted by Crippen LogP contribution is -2.21. The molecular formula is C16H15ClF3NO. The summed E-state index contributed by atoms with van der Waals surface area (Å²) in [5, 5.41) is 12.7. The number of phenols is 1. The van der Waals surface area contributed by atoms with Crippen molar-refractivity contribution in [1.82, 2.24) is 5.32 Å². The Morgan fingerprint density at radius 3 is 2.50 bits per heavy atom. The molecular weight excluding hydrogens is 315 g/mol. The van der Waals surface area contributed by atoms with Crippen LogP contribution >= 0.6 is 11.6 Å². The van der Waals surface area contributed by atoms with Crippen LogP contribution in [0.5, 0.6) is 5.75 Å². The van der Waals surface area contributed by atoms with Gasteiger partial charge in [0.2, 0.25) is 0 Å². The lowest BCUT2D eigenvalue weighted by atomic mass is 10.0. The zero-order valence-corrected chi connectivity index (χ0v) is 12.5. The second-order valence-corrected chi connectivity index (χ2v) is 5.32. The smallest absolute Gasteiger partial charge is 0.416 e. The first-order chi connectivity index (χ1) is 10.3. The Bertz CT molecular complexity index is 658. The summed E-state index contributed by atoms with van der Waals surface area (Å²) in [5.74, 6) is -0.0516. The van der Waals surface area contributed by atoms with Crippen LogP contribution in [-0.2, 0) is 12.7 Å². The summed E-state index contributed by atoms with van der Waals surface area (Å²) in [6, 6.07) is 9.73. The molecule has 0 bridgehead atoms. The molecule has 2 aromatic carbocycles. The highest BCUT2D eigenvalue weighted by molar-refractivity contribution is 6.32. The minimum atomic E-state index is -4.39. The Hall–Kier alpha value is -1.72. The van der Waals surface area contributed by atoms with Gasteiger partial charge in [-0.15, -0.1) is 0 Å². The number of rotatable bonds is 4. The van der Waals surface area contributed by atoms with E-state index in [0.29, 0.717) is 5.56 Å². The predicted molar refractivity (Wildman–Crippen MR) is 79.8 cm³/mol. The third kappa shape index (κ3) is 3.72. The summed E-state index contributed by atoms with van der Waals surface area (Å²) in [6.45, 7) is 1.90. The molecule has 0 saturated carbocycles. The average Bonchev–Trinajstić information content (AvgIpc) is 2.47.